The molecule has 0 spiro atoms. The molecule has 128 valence electrons. The molecule has 4 nitrogen and oxygen atoms in total. The molecule has 1 N–H and O–H groups in total. The Kier molecular flexibility index (Phi) is 6.82. The van der Waals surface area contributed by atoms with E-state index < -0.39 is 0 Å². The van der Waals surface area contributed by atoms with Crippen molar-refractivity contribution in [2.24, 2.45) is 5.92 Å². The minimum absolute atomic E-state index is 0.0499. The number of hydrogen-bond acceptors (Lipinski definition) is 3. The van der Waals surface area contributed by atoms with Gasteiger partial charge in [-0.05, 0) is 29.2 Å². The van der Waals surface area contributed by atoms with Crippen LogP contribution in [-0.2, 0) is 16.1 Å². The first kappa shape index (κ1) is 18.0. The van der Waals surface area contributed by atoms with Crippen molar-refractivity contribution in [3.8, 4) is 5.75 Å². The lowest BCUT2D eigenvalue weighted by molar-refractivity contribution is -0.127. The van der Waals surface area contributed by atoms with Gasteiger partial charge in [-0.1, -0.05) is 56.3 Å². The highest BCUT2D eigenvalue weighted by Gasteiger charge is 2.18. The van der Waals surface area contributed by atoms with Crippen LogP contribution in [-0.4, -0.2) is 19.6 Å². The van der Waals surface area contributed by atoms with Gasteiger partial charge in [0.2, 0.25) is 5.91 Å². The van der Waals surface area contributed by atoms with E-state index in [1.807, 2.05) is 54.6 Å². The van der Waals surface area contributed by atoms with Crippen molar-refractivity contribution in [3.05, 3.63) is 65.7 Å². The Morgan fingerprint density at radius 3 is 2.29 bits per heavy atom. The van der Waals surface area contributed by atoms with Gasteiger partial charge in [-0.25, -0.2) is 0 Å². The van der Waals surface area contributed by atoms with E-state index in [4.69, 9.17) is 9.47 Å². The van der Waals surface area contributed by atoms with Crippen LogP contribution in [0, 0.1) is 5.92 Å². The van der Waals surface area contributed by atoms with E-state index in [9.17, 15) is 4.79 Å². The maximum absolute atomic E-state index is 12.2. The Morgan fingerprint density at radius 2 is 1.71 bits per heavy atom. The summed E-state index contributed by atoms with van der Waals surface area (Å²) in [6.45, 7) is 4.65. The molecule has 2 rings (SSSR count). The Morgan fingerprint density at radius 1 is 1.04 bits per heavy atom. The Bertz CT molecular complexity index is 623. The Balaban J connectivity index is 1.88. The van der Waals surface area contributed by atoms with Gasteiger partial charge in [-0.3, -0.25) is 4.79 Å². The SMILES string of the molecule is COc1ccc(C(NC(=O)COCc2ccccc2)C(C)C)cc1. The van der Waals surface area contributed by atoms with E-state index in [-0.39, 0.29) is 24.5 Å². The van der Waals surface area contributed by atoms with Gasteiger partial charge in [0, 0.05) is 0 Å². The van der Waals surface area contributed by atoms with Gasteiger partial charge in [0.1, 0.15) is 12.4 Å². The first-order chi connectivity index (χ1) is 11.6. The molecule has 0 heterocycles. The number of carbonyl (C=O) groups is 1. The van der Waals surface area contributed by atoms with Gasteiger partial charge < -0.3 is 14.8 Å². The molecule has 1 unspecified atom stereocenters. The van der Waals surface area contributed by atoms with Crippen LogP contribution in [0.2, 0.25) is 0 Å². The summed E-state index contributed by atoms with van der Waals surface area (Å²) in [4.78, 5) is 12.2. The molecule has 0 aromatic heterocycles. The molecular formula is C20H25NO3. The highest BCUT2D eigenvalue weighted by atomic mass is 16.5. The van der Waals surface area contributed by atoms with Crippen molar-refractivity contribution in [2.75, 3.05) is 13.7 Å². The largest absolute Gasteiger partial charge is 0.497 e. The number of rotatable bonds is 8. The summed E-state index contributed by atoms with van der Waals surface area (Å²) in [5, 5.41) is 3.05. The van der Waals surface area contributed by atoms with Crippen molar-refractivity contribution >= 4 is 5.91 Å². The zero-order valence-corrected chi connectivity index (χ0v) is 14.5. The number of carbonyl (C=O) groups excluding carboxylic acids is 1. The van der Waals surface area contributed by atoms with E-state index in [0.717, 1.165) is 16.9 Å². The van der Waals surface area contributed by atoms with Crippen LogP contribution >= 0.6 is 0 Å². The number of methoxy groups -OCH3 is 1. The fourth-order valence-corrected chi connectivity index (χ4v) is 2.50. The predicted octanol–water partition coefficient (Wildman–Crippen LogP) is 3.73. The van der Waals surface area contributed by atoms with Crippen LogP contribution in [0.1, 0.15) is 31.0 Å². The molecule has 0 saturated carbocycles. The fraction of sp³-hybridized carbons (Fsp3) is 0.350. The Hall–Kier alpha value is -2.33. The van der Waals surface area contributed by atoms with Crippen LogP contribution in [0.3, 0.4) is 0 Å². The number of benzene rings is 2. The van der Waals surface area contributed by atoms with Gasteiger partial charge in [-0.2, -0.15) is 0 Å². The molecule has 0 radical (unpaired) electrons. The first-order valence-corrected chi connectivity index (χ1v) is 8.15. The van der Waals surface area contributed by atoms with Crippen LogP contribution < -0.4 is 10.1 Å². The third-order valence-corrected chi connectivity index (χ3v) is 3.80. The number of amides is 1. The fourth-order valence-electron chi connectivity index (χ4n) is 2.50. The molecule has 4 heteroatoms. The van der Waals surface area contributed by atoms with Gasteiger partial charge in [0.25, 0.3) is 0 Å². The van der Waals surface area contributed by atoms with Crippen LogP contribution in [0.4, 0.5) is 0 Å². The molecule has 0 bridgehead atoms. The molecule has 0 fully saturated rings. The summed E-state index contributed by atoms with van der Waals surface area (Å²) in [6.07, 6.45) is 0. The highest BCUT2D eigenvalue weighted by molar-refractivity contribution is 5.77. The third kappa shape index (κ3) is 5.39. The maximum Gasteiger partial charge on any atom is 0.246 e. The van der Waals surface area contributed by atoms with Gasteiger partial charge in [0.15, 0.2) is 0 Å². The molecular weight excluding hydrogens is 302 g/mol. The topological polar surface area (TPSA) is 47.6 Å². The summed E-state index contributed by atoms with van der Waals surface area (Å²) >= 11 is 0. The van der Waals surface area contributed by atoms with Gasteiger partial charge in [-0.15, -0.1) is 0 Å². The predicted molar refractivity (Wildman–Crippen MR) is 94.8 cm³/mol. The van der Waals surface area contributed by atoms with E-state index in [1.165, 1.54) is 0 Å². The first-order valence-electron chi connectivity index (χ1n) is 8.15. The second-order valence-corrected chi connectivity index (χ2v) is 6.04. The lowest BCUT2D eigenvalue weighted by atomic mass is 9.96. The summed E-state index contributed by atoms with van der Waals surface area (Å²) in [5.41, 5.74) is 2.11. The summed E-state index contributed by atoms with van der Waals surface area (Å²) in [5.74, 6) is 0.968. The quantitative estimate of drug-likeness (QED) is 0.804. The van der Waals surface area contributed by atoms with Crippen molar-refractivity contribution in [3.63, 3.8) is 0 Å². The average molecular weight is 327 g/mol. The molecule has 2 aromatic carbocycles. The normalized spacial score (nSPS) is 12.0. The lowest BCUT2D eigenvalue weighted by Crippen LogP contribution is -2.34. The maximum atomic E-state index is 12.2. The monoisotopic (exact) mass is 327 g/mol. The average Bonchev–Trinajstić information content (AvgIpc) is 2.60. The minimum Gasteiger partial charge on any atom is -0.497 e. The molecule has 1 atom stereocenters. The smallest absolute Gasteiger partial charge is 0.246 e. The zero-order valence-electron chi connectivity index (χ0n) is 14.5. The number of hydrogen-bond donors (Lipinski definition) is 1. The second-order valence-electron chi connectivity index (χ2n) is 6.04. The standard InChI is InChI=1S/C20H25NO3/c1-15(2)20(17-9-11-18(23-3)12-10-17)21-19(22)14-24-13-16-7-5-4-6-8-16/h4-12,15,20H,13-14H2,1-3H3,(H,21,22). The van der Waals surface area contributed by atoms with Crippen LogP contribution in [0.5, 0.6) is 5.75 Å². The zero-order chi connectivity index (χ0) is 17.4. The van der Waals surface area contributed by atoms with E-state index in [1.54, 1.807) is 7.11 Å². The third-order valence-electron chi connectivity index (χ3n) is 3.80. The van der Waals surface area contributed by atoms with E-state index in [2.05, 4.69) is 19.2 Å². The van der Waals surface area contributed by atoms with Crippen molar-refractivity contribution in [1.29, 1.82) is 0 Å². The molecule has 0 saturated heterocycles. The molecule has 1 amide bonds. The second kappa shape index (κ2) is 9.08. The van der Waals surface area contributed by atoms with Gasteiger partial charge >= 0.3 is 0 Å². The number of ether oxygens (including phenoxy) is 2. The Labute approximate surface area is 143 Å². The highest BCUT2D eigenvalue weighted by Crippen LogP contribution is 2.23. The molecule has 2 aromatic rings. The molecule has 0 aliphatic heterocycles. The van der Waals surface area contributed by atoms with Gasteiger partial charge in [0.05, 0.1) is 19.8 Å². The summed E-state index contributed by atoms with van der Waals surface area (Å²) in [7, 11) is 1.64. The minimum atomic E-state index is -0.111. The van der Waals surface area contributed by atoms with Crippen molar-refractivity contribution in [2.45, 2.75) is 26.5 Å². The van der Waals surface area contributed by atoms with Crippen LogP contribution in [0.25, 0.3) is 0 Å². The lowest BCUT2D eigenvalue weighted by Gasteiger charge is -2.23. The molecule has 0 aliphatic carbocycles. The van der Waals surface area contributed by atoms with Crippen molar-refractivity contribution in [1.82, 2.24) is 5.32 Å². The van der Waals surface area contributed by atoms with E-state index >= 15 is 0 Å². The van der Waals surface area contributed by atoms with E-state index in [0.29, 0.717) is 6.61 Å². The van der Waals surface area contributed by atoms with Crippen molar-refractivity contribution < 1.29 is 14.3 Å². The molecule has 0 aliphatic rings. The number of nitrogens with one attached hydrogen (secondary N) is 1. The molecule has 24 heavy (non-hydrogen) atoms. The summed E-state index contributed by atoms with van der Waals surface area (Å²) < 4.78 is 10.7. The summed E-state index contributed by atoms with van der Waals surface area (Å²) in [6, 6.07) is 17.5. The van der Waals surface area contributed by atoms with Crippen LogP contribution in [0.15, 0.2) is 54.6 Å².